The van der Waals surface area contributed by atoms with Gasteiger partial charge in [-0.05, 0) is 38.8 Å². The number of rotatable bonds is 1. The molecule has 1 aromatic carbocycles. The Morgan fingerprint density at radius 3 is 1.94 bits per heavy atom. The van der Waals surface area contributed by atoms with Gasteiger partial charge >= 0.3 is 5.69 Å². The van der Waals surface area contributed by atoms with Crippen molar-refractivity contribution in [1.29, 1.82) is 0 Å². The fraction of sp³-hybridized carbons (Fsp3) is 0.308. The van der Waals surface area contributed by atoms with Crippen LogP contribution in [0.5, 0.6) is 0 Å². The number of imidazole rings is 1. The van der Waals surface area contributed by atoms with Crippen LogP contribution in [-0.4, -0.2) is 9.97 Å². The van der Waals surface area contributed by atoms with Gasteiger partial charge in [-0.2, -0.15) is 0 Å². The SMILES string of the molecule is Cc1cc(C)c(-c2[nH]c(=O)[nH]c2C)c(C)c1. The normalized spacial score (nSPS) is 10.8. The van der Waals surface area contributed by atoms with Gasteiger partial charge in [0.25, 0.3) is 0 Å². The van der Waals surface area contributed by atoms with Crippen LogP contribution in [0.3, 0.4) is 0 Å². The minimum Gasteiger partial charge on any atom is -0.310 e. The number of hydrogen-bond donors (Lipinski definition) is 2. The van der Waals surface area contributed by atoms with Crippen molar-refractivity contribution in [2.24, 2.45) is 0 Å². The van der Waals surface area contributed by atoms with Crippen LogP contribution in [0, 0.1) is 27.7 Å². The smallest absolute Gasteiger partial charge is 0.310 e. The minimum atomic E-state index is -0.146. The summed E-state index contributed by atoms with van der Waals surface area (Å²) >= 11 is 0. The van der Waals surface area contributed by atoms with Crippen LogP contribution >= 0.6 is 0 Å². The largest absolute Gasteiger partial charge is 0.323 e. The van der Waals surface area contributed by atoms with Crippen molar-refractivity contribution in [2.45, 2.75) is 27.7 Å². The molecule has 1 aromatic heterocycles. The van der Waals surface area contributed by atoms with Gasteiger partial charge in [0.15, 0.2) is 0 Å². The number of aryl methyl sites for hydroxylation is 4. The summed E-state index contributed by atoms with van der Waals surface area (Å²) < 4.78 is 0. The van der Waals surface area contributed by atoms with Crippen LogP contribution < -0.4 is 5.69 Å². The van der Waals surface area contributed by atoms with E-state index in [4.69, 9.17) is 0 Å². The van der Waals surface area contributed by atoms with E-state index >= 15 is 0 Å². The number of aromatic amines is 2. The molecule has 0 unspecified atom stereocenters. The summed E-state index contributed by atoms with van der Waals surface area (Å²) in [7, 11) is 0. The Morgan fingerprint density at radius 1 is 0.938 bits per heavy atom. The highest BCUT2D eigenvalue weighted by molar-refractivity contribution is 5.69. The third-order valence-corrected chi connectivity index (χ3v) is 2.84. The van der Waals surface area contributed by atoms with Gasteiger partial charge in [0.2, 0.25) is 0 Å². The molecule has 2 N–H and O–H groups in total. The maximum absolute atomic E-state index is 11.3. The fourth-order valence-electron chi connectivity index (χ4n) is 2.30. The number of aromatic nitrogens is 2. The monoisotopic (exact) mass is 216 g/mol. The molecule has 0 saturated heterocycles. The third-order valence-electron chi connectivity index (χ3n) is 2.84. The lowest BCUT2D eigenvalue weighted by molar-refractivity contribution is 1.16. The van der Waals surface area contributed by atoms with Crippen LogP contribution in [0.2, 0.25) is 0 Å². The van der Waals surface area contributed by atoms with E-state index in [1.165, 1.54) is 16.7 Å². The van der Waals surface area contributed by atoms with Gasteiger partial charge in [-0.15, -0.1) is 0 Å². The zero-order valence-corrected chi connectivity index (χ0v) is 10.1. The van der Waals surface area contributed by atoms with Crippen molar-refractivity contribution in [3.8, 4) is 11.3 Å². The molecule has 2 rings (SSSR count). The van der Waals surface area contributed by atoms with Crippen molar-refractivity contribution < 1.29 is 0 Å². The molecule has 0 amide bonds. The van der Waals surface area contributed by atoms with Crippen LogP contribution in [0.1, 0.15) is 22.4 Å². The van der Waals surface area contributed by atoms with Crippen molar-refractivity contribution in [2.75, 3.05) is 0 Å². The lowest BCUT2D eigenvalue weighted by atomic mass is 9.97. The van der Waals surface area contributed by atoms with E-state index < -0.39 is 0 Å². The van der Waals surface area contributed by atoms with Gasteiger partial charge in [-0.25, -0.2) is 4.79 Å². The first kappa shape index (κ1) is 10.7. The topological polar surface area (TPSA) is 48.6 Å². The molecular weight excluding hydrogens is 200 g/mol. The Labute approximate surface area is 94.5 Å². The number of benzene rings is 1. The molecule has 3 heteroatoms. The van der Waals surface area contributed by atoms with E-state index in [0.29, 0.717) is 0 Å². The molecule has 0 atom stereocenters. The van der Waals surface area contributed by atoms with Gasteiger partial charge in [-0.1, -0.05) is 17.7 Å². The molecule has 0 radical (unpaired) electrons. The second kappa shape index (κ2) is 3.67. The van der Waals surface area contributed by atoms with Crippen molar-refractivity contribution in [3.05, 3.63) is 45.0 Å². The Morgan fingerprint density at radius 2 is 1.50 bits per heavy atom. The molecular formula is C13H16N2O. The summed E-state index contributed by atoms with van der Waals surface area (Å²) in [5.74, 6) is 0. The molecule has 1 heterocycles. The highest BCUT2D eigenvalue weighted by atomic mass is 16.1. The molecule has 0 fully saturated rings. The first-order valence-electron chi connectivity index (χ1n) is 5.36. The van der Waals surface area contributed by atoms with Crippen molar-refractivity contribution >= 4 is 0 Å². The van der Waals surface area contributed by atoms with E-state index in [9.17, 15) is 4.79 Å². The minimum absolute atomic E-state index is 0.146. The van der Waals surface area contributed by atoms with E-state index in [0.717, 1.165) is 17.0 Å². The standard InChI is InChI=1S/C13H16N2O/c1-7-5-8(2)11(9(3)6-7)12-10(4)14-13(16)15-12/h5-6H,1-4H3,(H2,14,15,16). The second-order valence-corrected chi connectivity index (χ2v) is 4.35. The predicted octanol–water partition coefficient (Wildman–Crippen LogP) is 2.60. The van der Waals surface area contributed by atoms with E-state index in [2.05, 4.69) is 42.9 Å². The predicted molar refractivity (Wildman–Crippen MR) is 65.8 cm³/mol. The van der Waals surface area contributed by atoms with E-state index in [1.807, 2.05) is 6.92 Å². The van der Waals surface area contributed by atoms with Crippen LogP contribution in [0.4, 0.5) is 0 Å². The number of hydrogen-bond acceptors (Lipinski definition) is 1. The second-order valence-electron chi connectivity index (χ2n) is 4.35. The highest BCUT2D eigenvalue weighted by Gasteiger charge is 2.11. The maximum Gasteiger partial charge on any atom is 0.323 e. The summed E-state index contributed by atoms with van der Waals surface area (Å²) in [6.45, 7) is 8.13. The molecule has 2 aromatic rings. The lowest BCUT2D eigenvalue weighted by Gasteiger charge is -2.10. The summed E-state index contributed by atoms with van der Waals surface area (Å²) in [6, 6.07) is 4.26. The first-order valence-corrected chi connectivity index (χ1v) is 5.36. The van der Waals surface area contributed by atoms with Crippen molar-refractivity contribution in [1.82, 2.24) is 9.97 Å². The zero-order chi connectivity index (χ0) is 11.9. The van der Waals surface area contributed by atoms with Gasteiger partial charge in [0, 0.05) is 11.3 Å². The van der Waals surface area contributed by atoms with Gasteiger partial charge in [0.1, 0.15) is 0 Å². The summed E-state index contributed by atoms with van der Waals surface area (Å²) in [5, 5.41) is 0. The molecule has 0 aliphatic carbocycles. The van der Waals surface area contributed by atoms with Crippen LogP contribution in [-0.2, 0) is 0 Å². The molecule has 0 aliphatic heterocycles. The molecule has 0 aliphatic rings. The third kappa shape index (κ3) is 1.69. The maximum atomic E-state index is 11.3. The average Bonchev–Trinajstić information content (AvgIpc) is 2.43. The lowest BCUT2D eigenvalue weighted by Crippen LogP contribution is -2.00. The fourth-order valence-corrected chi connectivity index (χ4v) is 2.30. The van der Waals surface area contributed by atoms with E-state index in [1.54, 1.807) is 0 Å². The first-order chi connectivity index (χ1) is 7.49. The van der Waals surface area contributed by atoms with Crippen molar-refractivity contribution in [3.63, 3.8) is 0 Å². The quantitative estimate of drug-likeness (QED) is 0.756. The van der Waals surface area contributed by atoms with Gasteiger partial charge in [-0.3, -0.25) is 0 Å². The van der Waals surface area contributed by atoms with Crippen LogP contribution in [0.25, 0.3) is 11.3 Å². The van der Waals surface area contributed by atoms with Crippen LogP contribution in [0.15, 0.2) is 16.9 Å². The summed E-state index contributed by atoms with van der Waals surface area (Å²) in [6.07, 6.45) is 0. The molecule has 84 valence electrons. The number of H-pyrrole nitrogens is 2. The molecule has 0 bridgehead atoms. The van der Waals surface area contributed by atoms with Gasteiger partial charge < -0.3 is 9.97 Å². The zero-order valence-electron chi connectivity index (χ0n) is 10.1. The number of nitrogens with one attached hydrogen (secondary N) is 2. The molecule has 0 spiro atoms. The Balaban J connectivity index is 2.74. The Bertz CT molecular complexity index is 567. The Kier molecular flexibility index (Phi) is 2.46. The van der Waals surface area contributed by atoms with E-state index in [-0.39, 0.29) is 5.69 Å². The Hall–Kier alpha value is -1.77. The summed E-state index contributed by atoms with van der Waals surface area (Å²) in [5.41, 5.74) is 6.40. The average molecular weight is 216 g/mol. The molecule has 3 nitrogen and oxygen atoms in total. The summed E-state index contributed by atoms with van der Waals surface area (Å²) in [4.78, 5) is 16.9. The molecule has 16 heavy (non-hydrogen) atoms. The molecule has 0 saturated carbocycles. The van der Waals surface area contributed by atoms with Gasteiger partial charge in [0.05, 0.1) is 5.69 Å². The highest BCUT2D eigenvalue weighted by Crippen LogP contribution is 2.27.